The Hall–Kier alpha value is -1.69. The van der Waals surface area contributed by atoms with E-state index in [0.29, 0.717) is 0 Å². The summed E-state index contributed by atoms with van der Waals surface area (Å²) < 4.78 is 1.95. The highest BCUT2D eigenvalue weighted by Crippen LogP contribution is 2.16. The summed E-state index contributed by atoms with van der Waals surface area (Å²) in [5.74, 6) is 0. The minimum absolute atomic E-state index is 0.175. The number of hydrogen-bond acceptors (Lipinski definition) is 4. The number of likely N-dealkylation sites (N-methyl/N-ethyl adjacent to an activating group) is 1. The van der Waals surface area contributed by atoms with Gasteiger partial charge < -0.3 is 5.32 Å². The van der Waals surface area contributed by atoms with Gasteiger partial charge in [0.25, 0.3) is 0 Å². The molecule has 0 fully saturated rings. The molecule has 0 bridgehead atoms. The number of aryl methyl sites for hydroxylation is 2. The monoisotopic (exact) mass is 248 g/mol. The van der Waals surface area contributed by atoms with Gasteiger partial charge in [-0.3, -0.25) is 4.68 Å². The van der Waals surface area contributed by atoms with Crippen molar-refractivity contribution in [1.82, 2.24) is 30.5 Å². The minimum atomic E-state index is 0.175. The first-order valence-corrected chi connectivity index (χ1v) is 6.35. The SMILES string of the molecule is CCNC(Cc1cc(CC)nn1C)c1cn[nH]n1. The Balaban J connectivity index is 2.15. The van der Waals surface area contributed by atoms with Crippen LogP contribution in [-0.2, 0) is 19.9 Å². The van der Waals surface area contributed by atoms with Crippen LogP contribution < -0.4 is 5.32 Å². The number of aromatic amines is 1. The third kappa shape index (κ3) is 2.76. The second-order valence-corrected chi connectivity index (χ2v) is 4.31. The van der Waals surface area contributed by atoms with Crippen molar-refractivity contribution in [1.29, 1.82) is 0 Å². The quantitative estimate of drug-likeness (QED) is 0.800. The lowest BCUT2D eigenvalue weighted by molar-refractivity contribution is 0.516. The Labute approximate surface area is 107 Å². The fraction of sp³-hybridized carbons (Fsp3) is 0.583. The number of nitrogens with one attached hydrogen (secondary N) is 2. The minimum Gasteiger partial charge on any atom is -0.308 e. The molecule has 1 atom stereocenters. The molecule has 2 heterocycles. The van der Waals surface area contributed by atoms with E-state index in [4.69, 9.17) is 0 Å². The van der Waals surface area contributed by atoms with E-state index in [-0.39, 0.29) is 6.04 Å². The molecule has 6 nitrogen and oxygen atoms in total. The second-order valence-electron chi connectivity index (χ2n) is 4.31. The van der Waals surface area contributed by atoms with Gasteiger partial charge in [-0.05, 0) is 19.0 Å². The van der Waals surface area contributed by atoms with E-state index < -0.39 is 0 Å². The molecule has 0 saturated carbocycles. The number of H-pyrrole nitrogens is 1. The van der Waals surface area contributed by atoms with E-state index in [1.165, 1.54) is 5.69 Å². The molecule has 2 aromatic rings. The van der Waals surface area contributed by atoms with Crippen LogP contribution in [0, 0.1) is 0 Å². The molecule has 0 saturated heterocycles. The molecule has 0 aliphatic rings. The molecule has 6 heteroatoms. The topological polar surface area (TPSA) is 71.4 Å². The van der Waals surface area contributed by atoms with Gasteiger partial charge in [-0.15, -0.1) is 0 Å². The molecule has 0 amide bonds. The molecule has 2 N–H and O–H groups in total. The van der Waals surface area contributed by atoms with Crippen molar-refractivity contribution in [3.8, 4) is 0 Å². The van der Waals surface area contributed by atoms with Crippen LogP contribution in [0.25, 0.3) is 0 Å². The zero-order chi connectivity index (χ0) is 13.0. The first-order chi connectivity index (χ1) is 8.74. The molecule has 2 aromatic heterocycles. The van der Waals surface area contributed by atoms with Crippen LogP contribution in [0.3, 0.4) is 0 Å². The fourth-order valence-corrected chi connectivity index (χ4v) is 2.05. The third-order valence-electron chi connectivity index (χ3n) is 3.04. The molecular weight excluding hydrogens is 228 g/mol. The normalized spacial score (nSPS) is 12.8. The summed E-state index contributed by atoms with van der Waals surface area (Å²) in [5, 5.41) is 18.6. The summed E-state index contributed by atoms with van der Waals surface area (Å²) in [6.07, 6.45) is 3.60. The molecule has 18 heavy (non-hydrogen) atoms. The summed E-state index contributed by atoms with van der Waals surface area (Å²) in [6, 6.07) is 2.33. The smallest absolute Gasteiger partial charge is 0.0997 e. The van der Waals surface area contributed by atoms with E-state index in [9.17, 15) is 0 Å². The Morgan fingerprint density at radius 3 is 2.83 bits per heavy atom. The van der Waals surface area contributed by atoms with E-state index in [1.807, 2.05) is 11.7 Å². The van der Waals surface area contributed by atoms with Gasteiger partial charge in [-0.1, -0.05) is 13.8 Å². The molecular formula is C12H20N6. The van der Waals surface area contributed by atoms with Crippen LogP contribution in [0.1, 0.15) is 37.0 Å². The Morgan fingerprint density at radius 2 is 2.28 bits per heavy atom. The van der Waals surface area contributed by atoms with Gasteiger partial charge in [-0.25, -0.2) is 0 Å². The van der Waals surface area contributed by atoms with Crippen molar-refractivity contribution >= 4 is 0 Å². The first-order valence-electron chi connectivity index (χ1n) is 6.35. The molecule has 98 valence electrons. The zero-order valence-electron chi connectivity index (χ0n) is 11.1. The van der Waals surface area contributed by atoms with E-state index in [0.717, 1.165) is 30.8 Å². The van der Waals surface area contributed by atoms with Crippen LogP contribution in [0.5, 0.6) is 0 Å². The Morgan fingerprint density at radius 1 is 1.44 bits per heavy atom. The van der Waals surface area contributed by atoms with Gasteiger partial charge >= 0.3 is 0 Å². The molecule has 0 aromatic carbocycles. The van der Waals surface area contributed by atoms with E-state index in [1.54, 1.807) is 6.20 Å². The van der Waals surface area contributed by atoms with Crippen molar-refractivity contribution in [2.75, 3.05) is 6.54 Å². The van der Waals surface area contributed by atoms with Crippen LogP contribution in [0.2, 0.25) is 0 Å². The largest absolute Gasteiger partial charge is 0.308 e. The maximum atomic E-state index is 4.47. The summed E-state index contributed by atoms with van der Waals surface area (Å²) in [4.78, 5) is 0. The summed E-state index contributed by atoms with van der Waals surface area (Å²) >= 11 is 0. The predicted octanol–water partition coefficient (Wildman–Crippen LogP) is 0.994. The van der Waals surface area contributed by atoms with Gasteiger partial charge in [0, 0.05) is 19.2 Å². The maximum Gasteiger partial charge on any atom is 0.0997 e. The summed E-state index contributed by atoms with van der Waals surface area (Å²) in [5.41, 5.74) is 3.28. The Kier molecular flexibility index (Phi) is 4.09. The van der Waals surface area contributed by atoms with E-state index >= 15 is 0 Å². The average Bonchev–Trinajstić information content (AvgIpc) is 2.99. The molecule has 2 rings (SSSR count). The van der Waals surface area contributed by atoms with Crippen molar-refractivity contribution in [3.05, 3.63) is 29.3 Å². The van der Waals surface area contributed by atoms with Crippen LogP contribution in [-0.4, -0.2) is 31.7 Å². The van der Waals surface area contributed by atoms with Gasteiger partial charge in [0.05, 0.1) is 23.6 Å². The van der Waals surface area contributed by atoms with Crippen molar-refractivity contribution < 1.29 is 0 Å². The van der Waals surface area contributed by atoms with Crippen LogP contribution >= 0.6 is 0 Å². The van der Waals surface area contributed by atoms with Gasteiger partial charge in [0.15, 0.2) is 0 Å². The molecule has 0 aliphatic carbocycles. The van der Waals surface area contributed by atoms with Crippen molar-refractivity contribution in [3.63, 3.8) is 0 Å². The highest BCUT2D eigenvalue weighted by molar-refractivity contribution is 5.14. The van der Waals surface area contributed by atoms with Crippen molar-refractivity contribution in [2.24, 2.45) is 7.05 Å². The Bertz CT molecular complexity index is 473. The summed E-state index contributed by atoms with van der Waals surface area (Å²) in [6.45, 7) is 5.11. The molecule has 0 radical (unpaired) electrons. The highest BCUT2D eigenvalue weighted by atomic mass is 15.3. The summed E-state index contributed by atoms with van der Waals surface area (Å²) in [7, 11) is 1.99. The lowest BCUT2D eigenvalue weighted by Gasteiger charge is -2.14. The lowest BCUT2D eigenvalue weighted by Crippen LogP contribution is -2.24. The van der Waals surface area contributed by atoms with Crippen molar-refractivity contribution in [2.45, 2.75) is 32.7 Å². The fourth-order valence-electron chi connectivity index (χ4n) is 2.05. The third-order valence-corrected chi connectivity index (χ3v) is 3.04. The molecule has 1 unspecified atom stereocenters. The lowest BCUT2D eigenvalue weighted by atomic mass is 10.1. The standard InChI is InChI=1S/C12H20N6/c1-4-9-6-10(18(3)16-9)7-11(13-5-2)12-8-14-17-15-12/h6,8,11,13H,4-5,7H2,1-3H3,(H,14,15,17). The number of hydrogen-bond donors (Lipinski definition) is 2. The maximum absolute atomic E-state index is 4.47. The molecule has 0 spiro atoms. The highest BCUT2D eigenvalue weighted by Gasteiger charge is 2.16. The first kappa shape index (κ1) is 12.8. The van der Waals surface area contributed by atoms with Gasteiger partial charge in [-0.2, -0.15) is 20.5 Å². The number of aromatic nitrogens is 5. The van der Waals surface area contributed by atoms with Gasteiger partial charge in [0.1, 0.15) is 0 Å². The van der Waals surface area contributed by atoms with E-state index in [2.05, 4.69) is 45.7 Å². The number of rotatable bonds is 6. The van der Waals surface area contributed by atoms with Gasteiger partial charge in [0.2, 0.25) is 0 Å². The predicted molar refractivity (Wildman–Crippen MR) is 69.1 cm³/mol. The second kappa shape index (κ2) is 5.77. The average molecular weight is 248 g/mol. The molecule has 0 aliphatic heterocycles. The van der Waals surface area contributed by atoms with Crippen LogP contribution in [0.4, 0.5) is 0 Å². The zero-order valence-corrected chi connectivity index (χ0v) is 11.1. The number of nitrogens with zero attached hydrogens (tertiary/aromatic N) is 4. The van der Waals surface area contributed by atoms with Crippen LogP contribution in [0.15, 0.2) is 12.3 Å².